The van der Waals surface area contributed by atoms with Gasteiger partial charge < -0.3 is 15.1 Å². The van der Waals surface area contributed by atoms with Crippen molar-refractivity contribution in [3.63, 3.8) is 0 Å². The predicted octanol–water partition coefficient (Wildman–Crippen LogP) is 3.90. The number of amides is 1. The van der Waals surface area contributed by atoms with Crippen molar-refractivity contribution < 1.29 is 9.18 Å². The van der Waals surface area contributed by atoms with Crippen LogP contribution in [0.1, 0.15) is 15.9 Å². The molecule has 2 aromatic carbocycles. The number of rotatable bonds is 7. The van der Waals surface area contributed by atoms with Crippen molar-refractivity contribution in [3.05, 3.63) is 83.9 Å². The smallest absolute Gasteiger partial charge is 0.255 e. The summed E-state index contributed by atoms with van der Waals surface area (Å²) in [4.78, 5) is 23.4. The van der Waals surface area contributed by atoms with E-state index in [0.717, 1.165) is 50.5 Å². The molecule has 0 saturated carbocycles. The van der Waals surface area contributed by atoms with Crippen molar-refractivity contribution >= 4 is 23.0 Å². The summed E-state index contributed by atoms with van der Waals surface area (Å²) >= 11 is 0. The van der Waals surface area contributed by atoms with Gasteiger partial charge in [0.05, 0.1) is 17.1 Å². The van der Waals surface area contributed by atoms with E-state index in [-0.39, 0.29) is 5.91 Å². The largest absolute Gasteiger partial charge is 0.375 e. The minimum Gasteiger partial charge on any atom is -0.375 e. The zero-order valence-corrected chi connectivity index (χ0v) is 19.2. The molecule has 7 heteroatoms. The van der Waals surface area contributed by atoms with Gasteiger partial charge in [0.2, 0.25) is 0 Å². The first-order valence-corrected chi connectivity index (χ1v) is 11.2. The highest BCUT2D eigenvalue weighted by Gasteiger charge is 2.20. The van der Waals surface area contributed by atoms with Crippen molar-refractivity contribution in [2.75, 3.05) is 61.9 Å². The van der Waals surface area contributed by atoms with Gasteiger partial charge in [0.25, 0.3) is 5.91 Å². The van der Waals surface area contributed by atoms with Gasteiger partial charge in [-0.3, -0.25) is 14.7 Å². The van der Waals surface area contributed by atoms with E-state index in [1.165, 1.54) is 11.6 Å². The highest BCUT2D eigenvalue weighted by atomic mass is 19.1. The van der Waals surface area contributed by atoms with E-state index in [1.54, 1.807) is 31.1 Å². The molecule has 0 radical (unpaired) electrons. The second-order valence-electron chi connectivity index (χ2n) is 8.47. The molecule has 2 heterocycles. The van der Waals surface area contributed by atoms with Crippen molar-refractivity contribution in [1.82, 2.24) is 9.88 Å². The van der Waals surface area contributed by atoms with Crippen LogP contribution >= 0.6 is 0 Å². The number of carbonyl (C=O) groups is 1. The predicted molar refractivity (Wildman–Crippen MR) is 132 cm³/mol. The van der Waals surface area contributed by atoms with E-state index in [2.05, 4.69) is 32.2 Å². The lowest BCUT2D eigenvalue weighted by molar-refractivity contribution is 0.102. The van der Waals surface area contributed by atoms with Crippen LogP contribution in [-0.4, -0.2) is 62.6 Å². The van der Waals surface area contributed by atoms with Gasteiger partial charge in [-0.1, -0.05) is 12.1 Å². The number of anilines is 3. The van der Waals surface area contributed by atoms with Crippen molar-refractivity contribution in [1.29, 1.82) is 0 Å². The van der Waals surface area contributed by atoms with Gasteiger partial charge in [-0.25, -0.2) is 4.39 Å². The maximum absolute atomic E-state index is 14.3. The highest BCUT2D eigenvalue weighted by Crippen LogP contribution is 2.28. The van der Waals surface area contributed by atoms with E-state index in [4.69, 9.17) is 0 Å². The quantitative estimate of drug-likeness (QED) is 0.595. The number of aromatic nitrogens is 1. The molecular formula is C26H30FN5O. The van der Waals surface area contributed by atoms with Crippen LogP contribution in [0.3, 0.4) is 0 Å². The van der Waals surface area contributed by atoms with Crippen LogP contribution in [0, 0.1) is 5.82 Å². The molecule has 1 aromatic heterocycles. The molecule has 1 aliphatic rings. The molecule has 3 aromatic rings. The van der Waals surface area contributed by atoms with Crippen molar-refractivity contribution in [2.24, 2.45) is 0 Å². The Balaban J connectivity index is 1.38. The van der Waals surface area contributed by atoms with Gasteiger partial charge in [0.1, 0.15) is 5.82 Å². The first kappa shape index (κ1) is 22.7. The monoisotopic (exact) mass is 447 g/mol. The number of nitrogens with zero attached hydrogens (tertiary/aromatic N) is 4. The Bertz CT molecular complexity index is 1080. The lowest BCUT2D eigenvalue weighted by Gasteiger charge is -2.37. The molecule has 33 heavy (non-hydrogen) atoms. The van der Waals surface area contributed by atoms with Crippen molar-refractivity contribution in [3.8, 4) is 0 Å². The first-order chi connectivity index (χ1) is 16.0. The Kier molecular flexibility index (Phi) is 7.19. The fourth-order valence-electron chi connectivity index (χ4n) is 4.11. The number of hydrogen-bond acceptors (Lipinski definition) is 5. The summed E-state index contributed by atoms with van der Waals surface area (Å²) in [5.41, 5.74) is 3.79. The molecule has 0 bridgehead atoms. The number of benzene rings is 2. The molecule has 0 spiro atoms. The normalized spacial score (nSPS) is 14.2. The summed E-state index contributed by atoms with van der Waals surface area (Å²) in [5.74, 6) is -0.730. The van der Waals surface area contributed by atoms with Crippen LogP contribution in [0.2, 0.25) is 0 Å². The average Bonchev–Trinajstić information content (AvgIpc) is 2.84. The summed E-state index contributed by atoms with van der Waals surface area (Å²) in [6, 6.07) is 16.5. The van der Waals surface area contributed by atoms with Crippen LogP contribution in [-0.2, 0) is 6.42 Å². The molecule has 0 atom stereocenters. The minimum absolute atomic E-state index is 0.300. The number of para-hydroxylation sites is 2. The molecule has 0 unspecified atom stereocenters. The second kappa shape index (κ2) is 10.4. The molecule has 0 aliphatic carbocycles. The van der Waals surface area contributed by atoms with Crippen LogP contribution in [0.15, 0.2) is 67.0 Å². The van der Waals surface area contributed by atoms with Gasteiger partial charge in [-0.2, -0.15) is 0 Å². The standard InChI is InChI=1S/C26H30FN5O/c1-30(2)24-8-7-21(19-22(24)27)26(33)29-23-5-3-4-6-25(23)32-17-15-31(16-18-32)14-11-20-9-12-28-13-10-20/h3-10,12-13,19H,11,14-18H2,1-2H3,(H,29,33). The fraction of sp³-hybridized carbons (Fsp3) is 0.308. The van der Waals surface area contributed by atoms with Gasteiger partial charge in [0.15, 0.2) is 0 Å². The van der Waals surface area contributed by atoms with Crippen LogP contribution < -0.4 is 15.1 Å². The summed E-state index contributed by atoms with van der Waals surface area (Å²) < 4.78 is 14.3. The Labute approximate surface area is 194 Å². The molecular weight excluding hydrogens is 417 g/mol. The Morgan fingerprint density at radius 1 is 1.03 bits per heavy atom. The van der Waals surface area contributed by atoms with Crippen molar-refractivity contribution in [2.45, 2.75) is 6.42 Å². The number of halogens is 1. The summed E-state index contributed by atoms with van der Waals surface area (Å²) in [5, 5.41) is 2.98. The average molecular weight is 448 g/mol. The third-order valence-electron chi connectivity index (χ3n) is 6.02. The van der Waals surface area contributed by atoms with E-state index >= 15 is 0 Å². The van der Waals surface area contributed by atoms with E-state index in [1.807, 2.05) is 36.7 Å². The van der Waals surface area contributed by atoms with Crippen LogP contribution in [0.25, 0.3) is 0 Å². The topological polar surface area (TPSA) is 51.7 Å². The van der Waals surface area contributed by atoms with Crippen LogP contribution in [0.4, 0.5) is 21.5 Å². The second-order valence-corrected chi connectivity index (χ2v) is 8.47. The third kappa shape index (κ3) is 5.68. The molecule has 4 rings (SSSR count). The van der Waals surface area contributed by atoms with Gasteiger partial charge in [0, 0.05) is 64.8 Å². The highest BCUT2D eigenvalue weighted by molar-refractivity contribution is 6.06. The van der Waals surface area contributed by atoms with E-state index in [9.17, 15) is 9.18 Å². The Morgan fingerprint density at radius 3 is 2.45 bits per heavy atom. The summed E-state index contributed by atoms with van der Waals surface area (Å²) in [6.45, 7) is 4.71. The molecule has 1 aliphatic heterocycles. The maximum atomic E-state index is 14.3. The van der Waals surface area contributed by atoms with E-state index < -0.39 is 5.82 Å². The molecule has 1 amide bonds. The number of nitrogens with one attached hydrogen (secondary N) is 1. The SMILES string of the molecule is CN(C)c1ccc(C(=O)Nc2ccccc2N2CCN(CCc3ccncc3)CC2)cc1F. The first-order valence-electron chi connectivity index (χ1n) is 11.2. The lowest BCUT2D eigenvalue weighted by atomic mass is 10.1. The lowest BCUT2D eigenvalue weighted by Crippen LogP contribution is -2.47. The Hall–Kier alpha value is -3.45. The molecule has 6 nitrogen and oxygen atoms in total. The van der Waals surface area contributed by atoms with Gasteiger partial charge in [-0.05, 0) is 54.4 Å². The number of pyridine rings is 1. The van der Waals surface area contributed by atoms with Crippen LogP contribution in [0.5, 0.6) is 0 Å². The number of piperazine rings is 1. The number of hydrogen-bond donors (Lipinski definition) is 1. The zero-order chi connectivity index (χ0) is 23.2. The summed E-state index contributed by atoms with van der Waals surface area (Å²) in [6.07, 6.45) is 4.69. The van der Waals surface area contributed by atoms with Gasteiger partial charge in [-0.15, -0.1) is 0 Å². The van der Waals surface area contributed by atoms with E-state index in [0.29, 0.717) is 11.3 Å². The van der Waals surface area contributed by atoms with Gasteiger partial charge >= 0.3 is 0 Å². The molecule has 1 N–H and O–H groups in total. The zero-order valence-electron chi connectivity index (χ0n) is 19.2. The molecule has 1 fully saturated rings. The maximum Gasteiger partial charge on any atom is 0.255 e. The Morgan fingerprint density at radius 2 is 1.76 bits per heavy atom. The minimum atomic E-state index is -0.413. The number of carbonyl (C=O) groups excluding carboxylic acids is 1. The molecule has 1 saturated heterocycles. The summed E-state index contributed by atoms with van der Waals surface area (Å²) in [7, 11) is 3.54. The fourth-order valence-corrected chi connectivity index (χ4v) is 4.11. The third-order valence-corrected chi connectivity index (χ3v) is 6.02. The molecule has 172 valence electrons.